The Morgan fingerprint density at radius 1 is 1.38 bits per heavy atom. The summed E-state index contributed by atoms with van der Waals surface area (Å²) in [6.45, 7) is 1.24. The van der Waals surface area contributed by atoms with E-state index in [0.29, 0.717) is 29.6 Å². The zero-order valence-corrected chi connectivity index (χ0v) is 13.9. The number of aromatic amines is 1. The van der Waals surface area contributed by atoms with Crippen LogP contribution in [0.25, 0.3) is 10.9 Å². The van der Waals surface area contributed by atoms with Gasteiger partial charge in [-0.15, -0.1) is 0 Å². The van der Waals surface area contributed by atoms with Crippen molar-refractivity contribution in [3.05, 3.63) is 58.4 Å². The number of benzene rings is 1. The Balaban J connectivity index is 1.67. The molecule has 0 spiro atoms. The second-order valence-electron chi connectivity index (χ2n) is 5.81. The van der Waals surface area contributed by atoms with Crippen LogP contribution in [0, 0.1) is 0 Å². The van der Waals surface area contributed by atoms with Crippen LogP contribution >= 0.6 is 11.6 Å². The Morgan fingerprint density at radius 2 is 2.25 bits per heavy atom. The lowest BCUT2D eigenvalue weighted by molar-refractivity contribution is 0.0734. The van der Waals surface area contributed by atoms with Crippen molar-refractivity contribution in [1.29, 1.82) is 0 Å². The van der Waals surface area contributed by atoms with Crippen molar-refractivity contribution in [3.8, 4) is 5.88 Å². The number of methoxy groups -OCH3 is 1. The zero-order chi connectivity index (χ0) is 16.7. The molecule has 5 nitrogen and oxygen atoms in total. The van der Waals surface area contributed by atoms with Crippen molar-refractivity contribution in [1.82, 2.24) is 14.9 Å². The van der Waals surface area contributed by atoms with Gasteiger partial charge in [0.15, 0.2) is 0 Å². The van der Waals surface area contributed by atoms with Crippen molar-refractivity contribution in [3.63, 3.8) is 0 Å². The molecule has 0 saturated heterocycles. The SMILES string of the molecule is COc1cc(C(=O)N2CCc3[nH]c4c(Cl)cccc4c3C2)ccn1. The van der Waals surface area contributed by atoms with Crippen LogP contribution in [0.3, 0.4) is 0 Å². The third kappa shape index (κ3) is 2.41. The third-order valence-corrected chi connectivity index (χ3v) is 4.75. The number of nitrogens with zero attached hydrogens (tertiary/aromatic N) is 2. The van der Waals surface area contributed by atoms with Gasteiger partial charge in [-0.2, -0.15) is 0 Å². The van der Waals surface area contributed by atoms with Crippen LogP contribution in [0.4, 0.5) is 0 Å². The molecule has 0 bridgehead atoms. The number of hydrogen-bond acceptors (Lipinski definition) is 3. The Hall–Kier alpha value is -2.53. The fourth-order valence-corrected chi connectivity index (χ4v) is 3.43. The molecule has 3 heterocycles. The van der Waals surface area contributed by atoms with Gasteiger partial charge < -0.3 is 14.6 Å². The highest BCUT2D eigenvalue weighted by atomic mass is 35.5. The molecule has 24 heavy (non-hydrogen) atoms. The summed E-state index contributed by atoms with van der Waals surface area (Å²) in [6, 6.07) is 9.24. The molecule has 0 unspecified atom stereocenters. The van der Waals surface area contributed by atoms with Crippen LogP contribution in [-0.2, 0) is 13.0 Å². The number of pyridine rings is 1. The van der Waals surface area contributed by atoms with Crippen molar-refractivity contribution < 1.29 is 9.53 Å². The van der Waals surface area contributed by atoms with Crippen LogP contribution < -0.4 is 4.74 Å². The lowest BCUT2D eigenvalue weighted by Crippen LogP contribution is -2.35. The van der Waals surface area contributed by atoms with E-state index in [9.17, 15) is 4.79 Å². The molecule has 2 aromatic heterocycles. The van der Waals surface area contributed by atoms with E-state index in [4.69, 9.17) is 16.3 Å². The molecule has 1 aliphatic rings. The van der Waals surface area contributed by atoms with Gasteiger partial charge in [0.05, 0.1) is 17.6 Å². The standard InChI is InChI=1S/C18H16ClN3O2/c1-24-16-9-11(5-7-20-16)18(23)22-8-6-15-13(10-22)12-3-2-4-14(19)17(12)21-15/h2-5,7,9,21H,6,8,10H2,1H3. The number of hydrogen-bond donors (Lipinski definition) is 1. The summed E-state index contributed by atoms with van der Waals surface area (Å²) in [5.41, 5.74) is 3.84. The van der Waals surface area contributed by atoms with E-state index in [-0.39, 0.29) is 5.91 Å². The van der Waals surface area contributed by atoms with Crippen LogP contribution in [0.1, 0.15) is 21.6 Å². The maximum Gasteiger partial charge on any atom is 0.254 e. The Kier molecular flexibility index (Phi) is 3.65. The average molecular weight is 342 g/mol. The van der Waals surface area contributed by atoms with Crippen molar-refractivity contribution in [2.45, 2.75) is 13.0 Å². The number of carbonyl (C=O) groups excluding carboxylic acids is 1. The summed E-state index contributed by atoms with van der Waals surface area (Å²) in [6.07, 6.45) is 2.38. The molecule has 0 saturated carbocycles. The molecule has 0 atom stereocenters. The van der Waals surface area contributed by atoms with Crippen molar-refractivity contribution in [2.24, 2.45) is 0 Å². The number of carbonyl (C=O) groups is 1. The fraction of sp³-hybridized carbons (Fsp3) is 0.222. The summed E-state index contributed by atoms with van der Waals surface area (Å²) < 4.78 is 5.11. The van der Waals surface area contributed by atoms with Gasteiger partial charge in [-0.3, -0.25) is 4.79 Å². The average Bonchev–Trinajstić information content (AvgIpc) is 3.00. The third-order valence-electron chi connectivity index (χ3n) is 4.44. The van der Waals surface area contributed by atoms with Gasteiger partial charge >= 0.3 is 0 Å². The molecule has 3 aromatic rings. The monoisotopic (exact) mass is 341 g/mol. The predicted molar refractivity (Wildman–Crippen MR) is 92.5 cm³/mol. The number of ether oxygens (including phenoxy) is 1. The molecule has 122 valence electrons. The first kappa shape index (κ1) is 15.0. The van der Waals surface area contributed by atoms with E-state index in [1.165, 1.54) is 0 Å². The van der Waals surface area contributed by atoms with Gasteiger partial charge in [-0.1, -0.05) is 23.7 Å². The fourth-order valence-electron chi connectivity index (χ4n) is 3.21. The molecule has 0 radical (unpaired) electrons. The summed E-state index contributed by atoms with van der Waals surface area (Å²) in [7, 11) is 1.54. The molecular weight excluding hydrogens is 326 g/mol. The van der Waals surface area contributed by atoms with E-state index >= 15 is 0 Å². The van der Waals surface area contributed by atoms with Crippen LogP contribution in [0.2, 0.25) is 5.02 Å². The minimum Gasteiger partial charge on any atom is -0.481 e. The normalized spacial score (nSPS) is 13.8. The number of H-pyrrole nitrogens is 1. The summed E-state index contributed by atoms with van der Waals surface area (Å²) in [5.74, 6) is 0.426. The molecule has 0 fully saturated rings. The highest BCUT2D eigenvalue weighted by Crippen LogP contribution is 2.32. The first-order chi connectivity index (χ1) is 11.7. The molecule has 4 rings (SSSR count). The minimum absolute atomic E-state index is 0.0160. The number of para-hydroxylation sites is 1. The topological polar surface area (TPSA) is 58.2 Å². The number of aromatic nitrogens is 2. The molecule has 1 amide bonds. The van der Waals surface area contributed by atoms with Gasteiger partial charge in [-0.25, -0.2) is 4.98 Å². The van der Waals surface area contributed by atoms with Gasteiger partial charge in [0.25, 0.3) is 5.91 Å². The lowest BCUT2D eigenvalue weighted by atomic mass is 10.0. The Labute approximate surface area is 144 Å². The molecular formula is C18H16ClN3O2. The van der Waals surface area contributed by atoms with E-state index < -0.39 is 0 Å². The van der Waals surface area contributed by atoms with Crippen molar-refractivity contribution >= 4 is 28.4 Å². The van der Waals surface area contributed by atoms with Gasteiger partial charge in [0, 0.05) is 54.0 Å². The van der Waals surface area contributed by atoms with E-state index in [2.05, 4.69) is 9.97 Å². The largest absolute Gasteiger partial charge is 0.481 e. The predicted octanol–water partition coefficient (Wildman–Crippen LogP) is 3.42. The molecule has 6 heteroatoms. The maximum absolute atomic E-state index is 12.8. The van der Waals surface area contributed by atoms with Gasteiger partial charge in [0.2, 0.25) is 5.88 Å². The van der Waals surface area contributed by atoms with Crippen molar-refractivity contribution in [2.75, 3.05) is 13.7 Å². The first-order valence-electron chi connectivity index (χ1n) is 7.74. The zero-order valence-electron chi connectivity index (χ0n) is 13.2. The highest BCUT2D eigenvalue weighted by molar-refractivity contribution is 6.35. The number of nitrogens with one attached hydrogen (secondary N) is 1. The van der Waals surface area contributed by atoms with Gasteiger partial charge in [-0.05, 0) is 12.1 Å². The summed E-state index contributed by atoms with van der Waals surface area (Å²) in [4.78, 5) is 22.1. The number of halogens is 1. The van der Waals surface area contributed by atoms with Crippen LogP contribution in [0.15, 0.2) is 36.5 Å². The van der Waals surface area contributed by atoms with E-state index in [1.54, 1.807) is 25.4 Å². The Morgan fingerprint density at radius 3 is 3.08 bits per heavy atom. The first-order valence-corrected chi connectivity index (χ1v) is 8.12. The number of fused-ring (bicyclic) bond motifs is 3. The number of amides is 1. The lowest BCUT2D eigenvalue weighted by Gasteiger charge is -2.27. The quantitative estimate of drug-likeness (QED) is 0.777. The minimum atomic E-state index is -0.0160. The smallest absolute Gasteiger partial charge is 0.254 e. The molecule has 1 N–H and O–H groups in total. The second-order valence-corrected chi connectivity index (χ2v) is 6.22. The van der Waals surface area contributed by atoms with Gasteiger partial charge in [0.1, 0.15) is 0 Å². The number of rotatable bonds is 2. The van der Waals surface area contributed by atoms with E-state index in [0.717, 1.165) is 28.6 Å². The second kappa shape index (κ2) is 5.83. The summed E-state index contributed by atoms with van der Waals surface area (Å²) in [5, 5.41) is 1.79. The van der Waals surface area contributed by atoms with E-state index in [1.807, 2.05) is 23.1 Å². The highest BCUT2D eigenvalue weighted by Gasteiger charge is 2.25. The molecule has 1 aromatic carbocycles. The molecule has 1 aliphatic heterocycles. The van der Waals surface area contributed by atoms with Crippen LogP contribution in [-0.4, -0.2) is 34.4 Å². The Bertz CT molecular complexity index is 935. The molecule has 0 aliphatic carbocycles. The summed E-state index contributed by atoms with van der Waals surface area (Å²) >= 11 is 6.27. The van der Waals surface area contributed by atoms with Crippen LogP contribution in [0.5, 0.6) is 5.88 Å². The maximum atomic E-state index is 12.8.